The Morgan fingerprint density at radius 3 is 2.61 bits per heavy atom. The molecule has 2 aromatic rings. The molecule has 0 amide bonds. The van der Waals surface area contributed by atoms with Gasteiger partial charge >= 0.3 is 0 Å². The van der Waals surface area contributed by atoms with Crippen molar-refractivity contribution in [2.24, 2.45) is 0 Å². The molecule has 2 rings (SSSR count). The highest BCUT2D eigenvalue weighted by Crippen LogP contribution is 2.30. The SMILES string of the molecule is CNc1ncc(Cl)c(Nc2c(C)cccc2Cl)n1. The van der Waals surface area contributed by atoms with Crippen LogP contribution >= 0.6 is 23.2 Å². The van der Waals surface area contributed by atoms with Crippen molar-refractivity contribution in [1.29, 1.82) is 0 Å². The zero-order chi connectivity index (χ0) is 13.1. The first-order valence-corrected chi connectivity index (χ1v) is 6.10. The number of hydrogen-bond donors (Lipinski definition) is 2. The molecule has 1 aromatic carbocycles. The Bertz CT molecular complexity index is 552. The second-order valence-electron chi connectivity index (χ2n) is 3.70. The summed E-state index contributed by atoms with van der Waals surface area (Å²) in [6.45, 7) is 1.96. The molecule has 18 heavy (non-hydrogen) atoms. The Balaban J connectivity index is 2.39. The Kier molecular flexibility index (Phi) is 3.89. The predicted molar refractivity (Wildman–Crippen MR) is 76.1 cm³/mol. The summed E-state index contributed by atoms with van der Waals surface area (Å²) in [5.74, 6) is 1.01. The third-order valence-corrected chi connectivity index (χ3v) is 3.02. The van der Waals surface area contributed by atoms with E-state index in [4.69, 9.17) is 23.2 Å². The van der Waals surface area contributed by atoms with Crippen LogP contribution in [0, 0.1) is 6.92 Å². The smallest absolute Gasteiger partial charge is 0.224 e. The number of nitrogens with zero attached hydrogens (tertiary/aromatic N) is 2. The summed E-state index contributed by atoms with van der Waals surface area (Å²) in [5.41, 5.74) is 1.81. The fourth-order valence-electron chi connectivity index (χ4n) is 1.48. The number of para-hydroxylation sites is 1. The molecule has 1 heterocycles. The minimum Gasteiger partial charge on any atom is -0.357 e. The number of anilines is 3. The molecule has 94 valence electrons. The van der Waals surface area contributed by atoms with Crippen LogP contribution in [0.1, 0.15) is 5.56 Å². The van der Waals surface area contributed by atoms with E-state index in [1.54, 1.807) is 7.05 Å². The molecule has 0 aliphatic heterocycles. The van der Waals surface area contributed by atoms with Gasteiger partial charge in [0.05, 0.1) is 16.9 Å². The van der Waals surface area contributed by atoms with E-state index in [0.29, 0.717) is 21.8 Å². The van der Waals surface area contributed by atoms with E-state index in [-0.39, 0.29) is 0 Å². The molecule has 0 unspecified atom stereocenters. The molecule has 0 aliphatic rings. The van der Waals surface area contributed by atoms with E-state index in [2.05, 4.69) is 20.6 Å². The lowest BCUT2D eigenvalue weighted by molar-refractivity contribution is 1.15. The van der Waals surface area contributed by atoms with Gasteiger partial charge in [-0.1, -0.05) is 35.3 Å². The molecular formula is C12H12Cl2N4. The van der Waals surface area contributed by atoms with Crippen molar-refractivity contribution in [2.75, 3.05) is 17.7 Å². The summed E-state index contributed by atoms with van der Waals surface area (Å²) in [7, 11) is 1.74. The summed E-state index contributed by atoms with van der Waals surface area (Å²) < 4.78 is 0. The molecule has 0 spiro atoms. The highest BCUT2D eigenvalue weighted by Gasteiger charge is 2.09. The number of benzene rings is 1. The summed E-state index contributed by atoms with van der Waals surface area (Å²) in [4.78, 5) is 8.26. The van der Waals surface area contributed by atoms with Gasteiger partial charge in [-0.3, -0.25) is 0 Å². The van der Waals surface area contributed by atoms with Crippen molar-refractivity contribution < 1.29 is 0 Å². The maximum Gasteiger partial charge on any atom is 0.224 e. The van der Waals surface area contributed by atoms with E-state index in [0.717, 1.165) is 11.3 Å². The third kappa shape index (κ3) is 2.66. The van der Waals surface area contributed by atoms with Gasteiger partial charge in [0.25, 0.3) is 0 Å². The average molecular weight is 283 g/mol. The molecule has 2 N–H and O–H groups in total. The first kappa shape index (κ1) is 12.9. The zero-order valence-corrected chi connectivity index (χ0v) is 11.5. The van der Waals surface area contributed by atoms with Crippen molar-refractivity contribution in [2.45, 2.75) is 6.92 Å². The molecule has 0 saturated heterocycles. The first-order valence-electron chi connectivity index (χ1n) is 5.34. The van der Waals surface area contributed by atoms with Crippen LogP contribution in [0.25, 0.3) is 0 Å². The van der Waals surface area contributed by atoms with Gasteiger partial charge in [-0.15, -0.1) is 0 Å². The minimum absolute atomic E-state index is 0.438. The topological polar surface area (TPSA) is 49.8 Å². The largest absolute Gasteiger partial charge is 0.357 e. The van der Waals surface area contributed by atoms with Crippen molar-refractivity contribution in [3.8, 4) is 0 Å². The van der Waals surface area contributed by atoms with Gasteiger partial charge in [-0.25, -0.2) is 4.98 Å². The van der Waals surface area contributed by atoms with Crippen molar-refractivity contribution in [1.82, 2.24) is 9.97 Å². The zero-order valence-electron chi connectivity index (χ0n) is 9.96. The van der Waals surface area contributed by atoms with Crippen LogP contribution < -0.4 is 10.6 Å². The van der Waals surface area contributed by atoms with Crippen LogP contribution in [0.3, 0.4) is 0 Å². The molecule has 0 saturated carbocycles. The molecule has 0 bridgehead atoms. The molecule has 0 atom stereocenters. The fourth-order valence-corrected chi connectivity index (χ4v) is 1.89. The van der Waals surface area contributed by atoms with Gasteiger partial charge < -0.3 is 10.6 Å². The van der Waals surface area contributed by atoms with Crippen LogP contribution in [0.4, 0.5) is 17.5 Å². The number of halogens is 2. The first-order chi connectivity index (χ1) is 8.61. The Labute approximate surface area is 115 Å². The van der Waals surface area contributed by atoms with E-state index in [1.165, 1.54) is 6.20 Å². The second-order valence-corrected chi connectivity index (χ2v) is 4.51. The van der Waals surface area contributed by atoms with Gasteiger partial charge in [-0.2, -0.15) is 4.98 Å². The highest BCUT2D eigenvalue weighted by atomic mass is 35.5. The summed E-state index contributed by atoms with van der Waals surface area (Å²) >= 11 is 12.2. The summed E-state index contributed by atoms with van der Waals surface area (Å²) in [5, 5.41) is 7.04. The summed E-state index contributed by atoms with van der Waals surface area (Å²) in [6.07, 6.45) is 1.54. The fraction of sp³-hybridized carbons (Fsp3) is 0.167. The molecule has 6 heteroatoms. The highest BCUT2D eigenvalue weighted by molar-refractivity contribution is 6.34. The van der Waals surface area contributed by atoms with Crippen LogP contribution in [0.5, 0.6) is 0 Å². The number of aromatic nitrogens is 2. The molecule has 1 aromatic heterocycles. The predicted octanol–water partition coefficient (Wildman–Crippen LogP) is 3.88. The average Bonchev–Trinajstić information content (AvgIpc) is 2.36. The lowest BCUT2D eigenvalue weighted by Crippen LogP contribution is -2.02. The van der Waals surface area contributed by atoms with Gasteiger partial charge in [0.1, 0.15) is 5.02 Å². The van der Waals surface area contributed by atoms with Gasteiger partial charge in [0, 0.05) is 7.05 Å². The van der Waals surface area contributed by atoms with Gasteiger partial charge in [0.2, 0.25) is 5.95 Å². The van der Waals surface area contributed by atoms with Crippen LogP contribution in [0.15, 0.2) is 24.4 Å². The van der Waals surface area contributed by atoms with Crippen LogP contribution in [0.2, 0.25) is 10.0 Å². The van der Waals surface area contributed by atoms with Crippen LogP contribution in [-0.4, -0.2) is 17.0 Å². The molecule has 0 aliphatic carbocycles. The normalized spacial score (nSPS) is 10.2. The van der Waals surface area contributed by atoms with Crippen molar-refractivity contribution in [3.63, 3.8) is 0 Å². The van der Waals surface area contributed by atoms with E-state index < -0.39 is 0 Å². The third-order valence-electron chi connectivity index (χ3n) is 2.43. The molecule has 0 radical (unpaired) electrons. The number of aryl methyl sites for hydroxylation is 1. The maximum absolute atomic E-state index is 6.14. The van der Waals surface area contributed by atoms with E-state index in [1.807, 2.05) is 25.1 Å². The Morgan fingerprint density at radius 2 is 1.94 bits per heavy atom. The molecule has 4 nitrogen and oxygen atoms in total. The summed E-state index contributed by atoms with van der Waals surface area (Å²) in [6, 6.07) is 5.66. The Hall–Kier alpha value is -1.52. The van der Waals surface area contributed by atoms with Crippen LogP contribution in [-0.2, 0) is 0 Å². The minimum atomic E-state index is 0.438. The van der Waals surface area contributed by atoms with Gasteiger partial charge in [0.15, 0.2) is 5.82 Å². The monoisotopic (exact) mass is 282 g/mol. The van der Waals surface area contributed by atoms with Crippen molar-refractivity contribution >= 4 is 40.7 Å². The lowest BCUT2D eigenvalue weighted by Gasteiger charge is -2.12. The van der Waals surface area contributed by atoms with Gasteiger partial charge in [-0.05, 0) is 18.6 Å². The van der Waals surface area contributed by atoms with E-state index in [9.17, 15) is 0 Å². The number of nitrogens with one attached hydrogen (secondary N) is 2. The maximum atomic E-state index is 6.14. The number of hydrogen-bond acceptors (Lipinski definition) is 4. The second kappa shape index (κ2) is 5.42. The van der Waals surface area contributed by atoms with E-state index >= 15 is 0 Å². The molecular weight excluding hydrogens is 271 g/mol. The number of rotatable bonds is 3. The Morgan fingerprint density at radius 1 is 1.17 bits per heavy atom. The quantitative estimate of drug-likeness (QED) is 0.897. The molecule has 0 fully saturated rings. The van der Waals surface area contributed by atoms with Crippen molar-refractivity contribution in [3.05, 3.63) is 40.0 Å². The standard InChI is InChI=1S/C12H12Cl2N4/c1-7-4-3-5-8(13)10(7)17-11-9(14)6-16-12(15-2)18-11/h3-6H,1-2H3,(H2,15,16,17,18). The lowest BCUT2D eigenvalue weighted by atomic mass is 10.2.